The summed E-state index contributed by atoms with van der Waals surface area (Å²) >= 11 is 1.62. The third kappa shape index (κ3) is 4.48. The average Bonchev–Trinajstić information content (AvgIpc) is 2.34. The van der Waals surface area contributed by atoms with E-state index in [1.165, 1.54) is 17.7 Å². The third-order valence-corrected chi connectivity index (χ3v) is 3.79. The molecule has 100 valence electrons. The minimum Gasteiger partial charge on any atom is -0.399 e. The fourth-order valence-electron chi connectivity index (χ4n) is 1.88. The largest absolute Gasteiger partial charge is 0.399 e. The molecule has 2 aromatic carbocycles. The molecule has 0 aliphatic carbocycles. The lowest BCUT2D eigenvalue weighted by molar-refractivity contribution is 0.625. The zero-order valence-corrected chi connectivity index (χ0v) is 11.4. The third-order valence-electron chi connectivity index (χ3n) is 2.72. The second kappa shape index (κ2) is 6.48. The number of nitrogen functional groups attached to an aromatic ring is 2. The lowest BCUT2D eigenvalue weighted by Gasteiger charge is -2.04. The first kappa shape index (κ1) is 13.7. The van der Waals surface area contributed by atoms with E-state index in [1.54, 1.807) is 17.8 Å². The average molecular weight is 276 g/mol. The van der Waals surface area contributed by atoms with E-state index < -0.39 is 0 Å². The summed E-state index contributed by atoms with van der Waals surface area (Å²) in [6, 6.07) is 12.6. The van der Waals surface area contributed by atoms with Gasteiger partial charge in [-0.2, -0.15) is 0 Å². The van der Waals surface area contributed by atoms with Gasteiger partial charge < -0.3 is 11.5 Å². The van der Waals surface area contributed by atoms with Crippen LogP contribution in [0.1, 0.15) is 12.0 Å². The number of aryl methyl sites for hydroxylation is 1. The Morgan fingerprint density at radius 3 is 2.58 bits per heavy atom. The van der Waals surface area contributed by atoms with Crippen molar-refractivity contribution in [2.75, 3.05) is 17.2 Å². The fourth-order valence-corrected chi connectivity index (χ4v) is 2.82. The number of benzene rings is 2. The number of hydrogen-bond donors (Lipinski definition) is 2. The first-order valence-corrected chi connectivity index (χ1v) is 7.15. The van der Waals surface area contributed by atoms with Gasteiger partial charge in [0.05, 0.1) is 0 Å². The number of anilines is 2. The molecule has 0 unspecified atom stereocenters. The maximum Gasteiger partial charge on any atom is 0.126 e. The van der Waals surface area contributed by atoms with E-state index >= 15 is 0 Å². The van der Waals surface area contributed by atoms with Crippen molar-refractivity contribution in [3.05, 3.63) is 53.8 Å². The molecule has 0 aliphatic rings. The van der Waals surface area contributed by atoms with Crippen molar-refractivity contribution in [1.29, 1.82) is 0 Å². The summed E-state index contributed by atoms with van der Waals surface area (Å²) in [5.41, 5.74) is 13.8. The first-order valence-electron chi connectivity index (χ1n) is 6.17. The van der Waals surface area contributed by atoms with Gasteiger partial charge in [-0.1, -0.05) is 12.1 Å². The highest BCUT2D eigenvalue weighted by molar-refractivity contribution is 7.99. The van der Waals surface area contributed by atoms with E-state index in [1.807, 2.05) is 18.2 Å². The van der Waals surface area contributed by atoms with Gasteiger partial charge in [0.15, 0.2) is 0 Å². The van der Waals surface area contributed by atoms with E-state index in [0.717, 1.165) is 29.2 Å². The Kier molecular flexibility index (Phi) is 4.68. The zero-order valence-electron chi connectivity index (χ0n) is 10.6. The normalized spacial score (nSPS) is 10.6. The Morgan fingerprint density at radius 1 is 1.00 bits per heavy atom. The van der Waals surface area contributed by atoms with Crippen LogP contribution >= 0.6 is 11.8 Å². The molecular formula is C15H17FN2S. The van der Waals surface area contributed by atoms with Crippen LogP contribution in [0.3, 0.4) is 0 Å². The molecule has 0 fully saturated rings. The van der Waals surface area contributed by atoms with E-state index in [2.05, 4.69) is 6.07 Å². The predicted octanol–water partition coefficient (Wildman–Crippen LogP) is 3.72. The fraction of sp³-hybridized carbons (Fsp3) is 0.200. The standard InChI is InChI=1S/C15H17FN2S/c16-12-8-14(18)10-15(9-12)19-6-2-4-11-3-1-5-13(17)7-11/h1,3,5,7-10H,2,4,6,17-18H2. The monoisotopic (exact) mass is 276 g/mol. The summed E-state index contributed by atoms with van der Waals surface area (Å²) in [4.78, 5) is 0.880. The van der Waals surface area contributed by atoms with E-state index in [4.69, 9.17) is 11.5 Å². The number of halogens is 1. The van der Waals surface area contributed by atoms with Gasteiger partial charge in [0, 0.05) is 16.3 Å². The van der Waals surface area contributed by atoms with Crippen LogP contribution in [0.25, 0.3) is 0 Å². The van der Waals surface area contributed by atoms with Crippen LogP contribution in [-0.4, -0.2) is 5.75 Å². The lowest BCUT2D eigenvalue weighted by atomic mass is 10.1. The second-order valence-corrected chi connectivity index (χ2v) is 5.59. The summed E-state index contributed by atoms with van der Waals surface area (Å²) in [5, 5.41) is 0. The van der Waals surface area contributed by atoms with Gasteiger partial charge in [0.1, 0.15) is 5.82 Å². The van der Waals surface area contributed by atoms with Gasteiger partial charge in [-0.15, -0.1) is 11.8 Å². The molecule has 0 bridgehead atoms. The Hall–Kier alpha value is -1.68. The summed E-state index contributed by atoms with van der Waals surface area (Å²) in [6.07, 6.45) is 1.99. The van der Waals surface area contributed by atoms with Crippen LogP contribution < -0.4 is 11.5 Å². The smallest absolute Gasteiger partial charge is 0.126 e. The summed E-state index contributed by atoms with van der Waals surface area (Å²) in [7, 11) is 0. The van der Waals surface area contributed by atoms with Crippen LogP contribution in [0.2, 0.25) is 0 Å². The van der Waals surface area contributed by atoms with Gasteiger partial charge in [-0.05, 0) is 54.5 Å². The van der Waals surface area contributed by atoms with E-state index in [0.29, 0.717) is 5.69 Å². The minimum absolute atomic E-state index is 0.279. The van der Waals surface area contributed by atoms with Crippen LogP contribution in [-0.2, 0) is 6.42 Å². The first-order chi connectivity index (χ1) is 9.13. The molecule has 0 heterocycles. The molecular weight excluding hydrogens is 259 g/mol. The van der Waals surface area contributed by atoms with E-state index in [9.17, 15) is 4.39 Å². The SMILES string of the molecule is Nc1cccc(CCCSc2cc(N)cc(F)c2)c1. The maximum atomic E-state index is 13.1. The van der Waals surface area contributed by atoms with Crippen LogP contribution in [0.15, 0.2) is 47.4 Å². The highest BCUT2D eigenvalue weighted by Crippen LogP contribution is 2.23. The molecule has 0 saturated carbocycles. The van der Waals surface area contributed by atoms with Crippen molar-refractivity contribution in [2.45, 2.75) is 17.7 Å². The van der Waals surface area contributed by atoms with Crippen molar-refractivity contribution in [3.63, 3.8) is 0 Å². The number of hydrogen-bond acceptors (Lipinski definition) is 3. The number of nitrogens with two attached hydrogens (primary N) is 2. The van der Waals surface area contributed by atoms with Crippen molar-refractivity contribution in [3.8, 4) is 0 Å². The molecule has 0 spiro atoms. The molecule has 4 N–H and O–H groups in total. The quantitative estimate of drug-likeness (QED) is 0.497. The molecule has 4 heteroatoms. The van der Waals surface area contributed by atoms with E-state index in [-0.39, 0.29) is 5.82 Å². The molecule has 2 rings (SSSR count). The van der Waals surface area contributed by atoms with Gasteiger partial charge in [0.2, 0.25) is 0 Å². The van der Waals surface area contributed by atoms with Gasteiger partial charge >= 0.3 is 0 Å². The number of rotatable bonds is 5. The minimum atomic E-state index is -0.279. The summed E-state index contributed by atoms with van der Waals surface area (Å²) in [6.45, 7) is 0. The van der Waals surface area contributed by atoms with Crippen molar-refractivity contribution in [2.24, 2.45) is 0 Å². The highest BCUT2D eigenvalue weighted by atomic mass is 32.2. The molecule has 2 nitrogen and oxygen atoms in total. The predicted molar refractivity (Wildman–Crippen MR) is 80.7 cm³/mol. The molecule has 0 aliphatic heterocycles. The zero-order chi connectivity index (χ0) is 13.7. The number of thioether (sulfide) groups is 1. The second-order valence-electron chi connectivity index (χ2n) is 4.42. The molecule has 0 saturated heterocycles. The molecule has 2 aromatic rings. The summed E-state index contributed by atoms with van der Waals surface area (Å²) in [5.74, 6) is 0.649. The van der Waals surface area contributed by atoms with Crippen molar-refractivity contribution in [1.82, 2.24) is 0 Å². The maximum absolute atomic E-state index is 13.1. The van der Waals surface area contributed by atoms with Gasteiger partial charge in [0.25, 0.3) is 0 Å². The highest BCUT2D eigenvalue weighted by Gasteiger charge is 2.00. The summed E-state index contributed by atoms with van der Waals surface area (Å²) < 4.78 is 13.1. The Morgan fingerprint density at radius 2 is 1.84 bits per heavy atom. The molecule has 0 atom stereocenters. The van der Waals surface area contributed by atoms with Crippen molar-refractivity contribution < 1.29 is 4.39 Å². The molecule has 0 aromatic heterocycles. The topological polar surface area (TPSA) is 52.0 Å². The molecule has 19 heavy (non-hydrogen) atoms. The Labute approximate surface area is 117 Å². The van der Waals surface area contributed by atoms with Crippen LogP contribution in [0, 0.1) is 5.82 Å². The van der Waals surface area contributed by atoms with Crippen LogP contribution in [0.4, 0.5) is 15.8 Å². The lowest BCUT2D eigenvalue weighted by Crippen LogP contribution is -1.91. The molecule has 0 radical (unpaired) electrons. The van der Waals surface area contributed by atoms with Gasteiger partial charge in [-0.3, -0.25) is 0 Å². The van der Waals surface area contributed by atoms with Crippen LogP contribution in [0.5, 0.6) is 0 Å². The Balaban J connectivity index is 1.80. The Bertz CT molecular complexity index is 537. The molecule has 0 amide bonds. The van der Waals surface area contributed by atoms with Gasteiger partial charge in [-0.25, -0.2) is 4.39 Å². The van der Waals surface area contributed by atoms with Crippen molar-refractivity contribution >= 4 is 23.1 Å².